The minimum atomic E-state index is 0.660. The lowest BCUT2D eigenvalue weighted by atomic mass is 10.2. The number of nitrogens with one attached hydrogen (secondary N) is 1. The Kier molecular flexibility index (Phi) is 3.25. The zero-order valence-corrected chi connectivity index (χ0v) is 13.2. The number of nitrogens with zero attached hydrogens (tertiary/aromatic N) is 1. The van der Waals surface area contributed by atoms with E-state index in [0.29, 0.717) is 9.79 Å². The number of H-pyrrole nitrogens is 1. The molecule has 3 aromatic rings. The third-order valence-corrected chi connectivity index (χ3v) is 4.74. The summed E-state index contributed by atoms with van der Waals surface area (Å²) in [6.07, 6.45) is 0. The van der Waals surface area contributed by atoms with Crippen molar-refractivity contribution in [1.82, 2.24) is 9.55 Å². The number of aryl methyl sites for hydroxylation is 1. The summed E-state index contributed by atoms with van der Waals surface area (Å²) >= 11 is 15.1. The second kappa shape index (κ2) is 4.78. The van der Waals surface area contributed by atoms with Gasteiger partial charge in [-0.25, -0.2) is 0 Å². The zero-order chi connectivity index (χ0) is 13.6. The maximum absolute atomic E-state index is 6.17. The van der Waals surface area contributed by atoms with Crippen molar-refractivity contribution in [2.75, 3.05) is 0 Å². The molecule has 0 amide bonds. The highest BCUT2D eigenvalue weighted by Gasteiger charge is 2.12. The highest BCUT2D eigenvalue weighted by Crippen LogP contribution is 2.32. The van der Waals surface area contributed by atoms with E-state index < -0.39 is 0 Å². The summed E-state index contributed by atoms with van der Waals surface area (Å²) in [6.45, 7) is 2.07. The molecule has 0 spiro atoms. The quantitative estimate of drug-likeness (QED) is 0.580. The van der Waals surface area contributed by atoms with Gasteiger partial charge >= 0.3 is 0 Å². The molecule has 0 aliphatic heterocycles. The Bertz CT molecular complexity index is 835. The van der Waals surface area contributed by atoms with Crippen LogP contribution in [0.4, 0.5) is 0 Å². The standard InChI is InChI=1S/C14H10BrClN2S/c1-8-4-2-6-10-13(8)18(14(19)17-10)11-7-3-5-9(16)12(11)15/h2-7H,1H3,(H,17,19). The van der Waals surface area contributed by atoms with Crippen LogP contribution in [0.3, 0.4) is 0 Å². The molecule has 0 radical (unpaired) electrons. The van der Waals surface area contributed by atoms with Gasteiger partial charge in [-0.3, -0.25) is 4.57 Å². The first-order chi connectivity index (χ1) is 9.09. The molecule has 0 aliphatic rings. The van der Waals surface area contributed by atoms with E-state index in [1.165, 1.54) is 0 Å². The SMILES string of the molecule is Cc1cccc2[nH]c(=S)n(-c3cccc(Cl)c3Br)c12. The van der Waals surface area contributed by atoms with Gasteiger partial charge in [0.25, 0.3) is 0 Å². The number of rotatable bonds is 1. The third-order valence-electron chi connectivity index (χ3n) is 3.08. The van der Waals surface area contributed by atoms with Crippen molar-refractivity contribution < 1.29 is 0 Å². The Morgan fingerprint density at radius 3 is 2.74 bits per heavy atom. The van der Waals surface area contributed by atoms with Crippen LogP contribution in [0.1, 0.15) is 5.56 Å². The summed E-state index contributed by atoms with van der Waals surface area (Å²) in [4.78, 5) is 3.23. The van der Waals surface area contributed by atoms with Gasteiger partial charge in [0.05, 0.1) is 26.2 Å². The van der Waals surface area contributed by atoms with Crippen LogP contribution >= 0.6 is 39.7 Å². The van der Waals surface area contributed by atoms with Gasteiger partial charge in [0.15, 0.2) is 4.77 Å². The van der Waals surface area contributed by atoms with Gasteiger partial charge in [0.2, 0.25) is 0 Å². The van der Waals surface area contributed by atoms with Crippen LogP contribution in [0.25, 0.3) is 16.7 Å². The van der Waals surface area contributed by atoms with Crippen molar-refractivity contribution in [3.8, 4) is 5.69 Å². The molecule has 2 aromatic carbocycles. The van der Waals surface area contributed by atoms with Crippen molar-refractivity contribution in [3.63, 3.8) is 0 Å². The molecule has 0 bridgehead atoms. The second-order valence-corrected chi connectivity index (χ2v) is 5.90. The maximum atomic E-state index is 6.17. The highest BCUT2D eigenvalue weighted by atomic mass is 79.9. The van der Waals surface area contributed by atoms with Crippen molar-refractivity contribution in [2.45, 2.75) is 6.92 Å². The predicted molar refractivity (Wildman–Crippen MR) is 85.9 cm³/mol. The lowest BCUT2D eigenvalue weighted by Gasteiger charge is -2.09. The summed E-state index contributed by atoms with van der Waals surface area (Å²) in [7, 11) is 0. The van der Waals surface area contributed by atoms with Gasteiger partial charge in [0.1, 0.15) is 0 Å². The van der Waals surface area contributed by atoms with E-state index in [9.17, 15) is 0 Å². The van der Waals surface area contributed by atoms with Crippen LogP contribution in [-0.4, -0.2) is 9.55 Å². The Hall–Kier alpha value is -1.10. The van der Waals surface area contributed by atoms with E-state index in [4.69, 9.17) is 23.8 Å². The topological polar surface area (TPSA) is 20.7 Å². The molecule has 0 atom stereocenters. The molecule has 96 valence electrons. The van der Waals surface area contributed by atoms with Gasteiger partial charge in [-0.1, -0.05) is 29.8 Å². The molecule has 3 rings (SSSR count). The normalized spacial score (nSPS) is 11.1. The van der Waals surface area contributed by atoms with Crippen LogP contribution in [0, 0.1) is 11.7 Å². The van der Waals surface area contributed by atoms with E-state index in [-0.39, 0.29) is 0 Å². The molecular formula is C14H10BrClN2S. The van der Waals surface area contributed by atoms with E-state index in [1.54, 1.807) is 0 Å². The Morgan fingerprint density at radius 2 is 1.95 bits per heavy atom. The minimum Gasteiger partial charge on any atom is -0.330 e. The molecule has 19 heavy (non-hydrogen) atoms. The predicted octanol–water partition coefficient (Wildman–Crippen LogP) is 5.41. The van der Waals surface area contributed by atoms with Crippen LogP contribution in [0.5, 0.6) is 0 Å². The molecule has 2 nitrogen and oxygen atoms in total. The molecule has 1 N–H and O–H groups in total. The number of fused-ring (bicyclic) bond motifs is 1. The number of halogens is 2. The summed E-state index contributed by atoms with van der Waals surface area (Å²) in [5, 5.41) is 0.669. The largest absolute Gasteiger partial charge is 0.330 e. The number of hydrogen-bond acceptors (Lipinski definition) is 1. The molecule has 0 saturated carbocycles. The number of benzene rings is 2. The van der Waals surface area contributed by atoms with Crippen LogP contribution < -0.4 is 0 Å². The third kappa shape index (κ3) is 2.04. The molecule has 0 unspecified atom stereocenters. The Labute approximate surface area is 129 Å². The Balaban J connectivity index is 2.46. The monoisotopic (exact) mass is 352 g/mol. The molecule has 0 saturated heterocycles. The van der Waals surface area contributed by atoms with Crippen molar-refractivity contribution in [3.05, 3.63) is 56.2 Å². The van der Waals surface area contributed by atoms with E-state index in [2.05, 4.69) is 33.9 Å². The fourth-order valence-electron chi connectivity index (χ4n) is 2.22. The first kappa shape index (κ1) is 12.9. The Morgan fingerprint density at radius 1 is 1.21 bits per heavy atom. The van der Waals surface area contributed by atoms with Crippen molar-refractivity contribution >= 4 is 50.8 Å². The first-order valence-electron chi connectivity index (χ1n) is 5.74. The van der Waals surface area contributed by atoms with Gasteiger partial charge < -0.3 is 4.98 Å². The van der Waals surface area contributed by atoms with E-state index in [1.807, 2.05) is 34.9 Å². The number of imidazole rings is 1. The highest BCUT2D eigenvalue weighted by molar-refractivity contribution is 9.10. The summed E-state index contributed by atoms with van der Waals surface area (Å²) < 4.78 is 3.51. The van der Waals surface area contributed by atoms with Crippen molar-refractivity contribution in [1.29, 1.82) is 0 Å². The van der Waals surface area contributed by atoms with Crippen LogP contribution in [-0.2, 0) is 0 Å². The fraction of sp³-hybridized carbons (Fsp3) is 0.0714. The van der Waals surface area contributed by atoms with Gasteiger partial charge in [-0.15, -0.1) is 0 Å². The lowest BCUT2D eigenvalue weighted by molar-refractivity contribution is 1.05. The van der Waals surface area contributed by atoms with Crippen molar-refractivity contribution in [2.24, 2.45) is 0 Å². The van der Waals surface area contributed by atoms with E-state index in [0.717, 1.165) is 26.8 Å². The van der Waals surface area contributed by atoms with Gasteiger partial charge in [0, 0.05) is 0 Å². The molecule has 0 fully saturated rings. The van der Waals surface area contributed by atoms with Gasteiger partial charge in [-0.2, -0.15) is 0 Å². The maximum Gasteiger partial charge on any atom is 0.182 e. The number of aromatic nitrogens is 2. The average molecular weight is 354 g/mol. The fourth-order valence-corrected chi connectivity index (χ4v) is 3.14. The van der Waals surface area contributed by atoms with Gasteiger partial charge in [-0.05, 0) is 58.8 Å². The summed E-state index contributed by atoms with van der Waals surface area (Å²) in [5.41, 5.74) is 4.21. The lowest BCUT2D eigenvalue weighted by Crippen LogP contribution is -1.96. The minimum absolute atomic E-state index is 0.660. The molecule has 1 heterocycles. The second-order valence-electron chi connectivity index (χ2n) is 4.31. The summed E-state index contributed by atoms with van der Waals surface area (Å²) in [5.74, 6) is 0. The molecule has 5 heteroatoms. The van der Waals surface area contributed by atoms with Crippen LogP contribution in [0.15, 0.2) is 40.9 Å². The average Bonchev–Trinajstić information content (AvgIpc) is 2.71. The van der Waals surface area contributed by atoms with Crippen LogP contribution in [0.2, 0.25) is 5.02 Å². The summed E-state index contributed by atoms with van der Waals surface area (Å²) in [6, 6.07) is 11.9. The number of para-hydroxylation sites is 1. The molecular weight excluding hydrogens is 344 g/mol. The molecule has 0 aliphatic carbocycles. The smallest absolute Gasteiger partial charge is 0.182 e. The van der Waals surface area contributed by atoms with E-state index >= 15 is 0 Å². The number of hydrogen-bond donors (Lipinski definition) is 1. The molecule has 1 aromatic heterocycles. The first-order valence-corrected chi connectivity index (χ1v) is 7.32. The zero-order valence-electron chi connectivity index (χ0n) is 10.1. The number of aromatic amines is 1.